The van der Waals surface area contributed by atoms with Gasteiger partial charge in [0.05, 0.1) is 12.9 Å². The minimum atomic E-state index is -3.26. The first-order chi connectivity index (χ1) is 8.51. The molecule has 0 heterocycles. The molecule has 5 heteroatoms. The standard InChI is InChI=1S/C13H19BrO3S/c1-11(7-9-14)8-10-18(15,16)13-6-4-3-5-12(13)17-2/h3-6,11H,7-10H2,1-2H3. The first-order valence-electron chi connectivity index (χ1n) is 5.93. The number of rotatable bonds is 7. The number of sulfone groups is 1. The summed E-state index contributed by atoms with van der Waals surface area (Å²) in [5, 5.41) is 0.906. The van der Waals surface area contributed by atoms with E-state index in [4.69, 9.17) is 4.74 Å². The molecule has 0 spiro atoms. The molecule has 0 aliphatic carbocycles. The maximum atomic E-state index is 12.2. The van der Waals surface area contributed by atoms with Crippen LogP contribution in [0.1, 0.15) is 19.8 Å². The number of para-hydroxylation sites is 1. The molecule has 0 aliphatic heterocycles. The normalized spacial score (nSPS) is 13.3. The fraction of sp³-hybridized carbons (Fsp3) is 0.538. The number of methoxy groups -OCH3 is 1. The van der Waals surface area contributed by atoms with E-state index in [9.17, 15) is 8.42 Å². The van der Waals surface area contributed by atoms with Crippen molar-refractivity contribution in [1.29, 1.82) is 0 Å². The van der Waals surface area contributed by atoms with Crippen LogP contribution in [-0.2, 0) is 9.84 Å². The molecular weight excluding hydrogens is 316 g/mol. The molecule has 1 unspecified atom stereocenters. The highest BCUT2D eigenvalue weighted by molar-refractivity contribution is 9.09. The molecule has 1 aromatic rings. The van der Waals surface area contributed by atoms with E-state index in [1.165, 1.54) is 7.11 Å². The number of ether oxygens (including phenoxy) is 1. The third-order valence-electron chi connectivity index (χ3n) is 2.89. The topological polar surface area (TPSA) is 43.4 Å². The van der Waals surface area contributed by atoms with E-state index in [0.29, 0.717) is 23.0 Å². The van der Waals surface area contributed by atoms with Gasteiger partial charge in [0.1, 0.15) is 10.6 Å². The lowest BCUT2D eigenvalue weighted by molar-refractivity contribution is 0.402. The second-order valence-corrected chi connectivity index (χ2v) is 7.21. The Bertz CT molecular complexity index is 471. The predicted octanol–water partition coefficient (Wildman–Crippen LogP) is 3.28. The molecular formula is C13H19BrO3S. The largest absolute Gasteiger partial charge is 0.495 e. The average molecular weight is 335 g/mol. The molecule has 0 saturated carbocycles. The minimum Gasteiger partial charge on any atom is -0.495 e. The van der Waals surface area contributed by atoms with Crippen molar-refractivity contribution in [2.75, 3.05) is 18.2 Å². The Hall–Kier alpha value is -0.550. The lowest BCUT2D eigenvalue weighted by Gasteiger charge is -2.12. The molecule has 0 N–H and O–H groups in total. The Labute approximate surface area is 118 Å². The third kappa shape index (κ3) is 4.28. The van der Waals surface area contributed by atoms with Gasteiger partial charge in [0.2, 0.25) is 0 Å². The molecule has 1 rings (SSSR count). The first-order valence-corrected chi connectivity index (χ1v) is 8.70. The number of hydrogen-bond donors (Lipinski definition) is 0. The van der Waals surface area contributed by atoms with Crippen molar-refractivity contribution < 1.29 is 13.2 Å². The summed E-state index contributed by atoms with van der Waals surface area (Å²) < 4.78 is 29.6. The van der Waals surface area contributed by atoms with Crippen molar-refractivity contribution in [1.82, 2.24) is 0 Å². The number of hydrogen-bond acceptors (Lipinski definition) is 3. The molecule has 102 valence electrons. The quantitative estimate of drug-likeness (QED) is 0.718. The van der Waals surface area contributed by atoms with Crippen LogP contribution in [0.3, 0.4) is 0 Å². The van der Waals surface area contributed by atoms with Crippen molar-refractivity contribution in [3.63, 3.8) is 0 Å². The highest BCUT2D eigenvalue weighted by Crippen LogP contribution is 2.25. The average Bonchev–Trinajstić information content (AvgIpc) is 2.37. The second kappa shape index (κ2) is 7.14. The van der Waals surface area contributed by atoms with E-state index in [2.05, 4.69) is 22.9 Å². The Morgan fingerprint density at radius 1 is 1.28 bits per heavy atom. The Morgan fingerprint density at radius 2 is 1.94 bits per heavy atom. The van der Waals surface area contributed by atoms with E-state index < -0.39 is 9.84 Å². The van der Waals surface area contributed by atoms with E-state index in [0.717, 1.165) is 11.8 Å². The van der Waals surface area contributed by atoms with Crippen LogP contribution in [0.5, 0.6) is 5.75 Å². The molecule has 3 nitrogen and oxygen atoms in total. The number of alkyl halides is 1. The van der Waals surface area contributed by atoms with Crippen LogP contribution in [0.2, 0.25) is 0 Å². The summed E-state index contributed by atoms with van der Waals surface area (Å²) in [6.45, 7) is 2.07. The zero-order valence-electron chi connectivity index (χ0n) is 10.7. The van der Waals surface area contributed by atoms with Crippen LogP contribution in [0.15, 0.2) is 29.2 Å². The van der Waals surface area contributed by atoms with Gasteiger partial charge in [0.25, 0.3) is 0 Å². The van der Waals surface area contributed by atoms with Crippen LogP contribution < -0.4 is 4.74 Å². The zero-order chi connectivity index (χ0) is 13.6. The minimum absolute atomic E-state index is 0.168. The summed E-state index contributed by atoms with van der Waals surface area (Å²) in [5.41, 5.74) is 0. The van der Waals surface area contributed by atoms with E-state index >= 15 is 0 Å². The maximum Gasteiger partial charge on any atom is 0.182 e. The van der Waals surface area contributed by atoms with Gasteiger partial charge in [-0.2, -0.15) is 0 Å². The lowest BCUT2D eigenvalue weighted by Crippen LogP contribution is -2.11. The Morgan fingerprint density at radius 3 is 2.56 bits per heavy atom. The maximum absolute atomic E-state index is 12.2. The van der Waals surface area contributed by atoms with E-state index in [-0.39, 0.29) is 5.75 Å². The monoisotopic (exact) mass is 334 g/mol. The Balaban J connectivity index is 2.80. The molecule has 0 bridgehead atoms. The van der Waals surface area contributed by atoms with Gasteiger partial charge in [0.15, 0.2) is 9.84 Å². The highest BCUT2D eigenvalue weighted by atomic mass is 79.9. The first kappa shape index (κ1) is 15.5. The summed E-state index contributed by atoms with van der Waals surface area (Å²) in [6, 6.07) is 6.76. The van der Waals surface area contributed by atoms with Crippen molar-refractivity contribution in [3.8, 4) is 5.75 Å². The molecule has 1 aromatic carbocycles. The summed E-state index contributed by atoms with van der Waals surface area (Å²) in [5.74, 6) is 0.987. The fourth-order valence-electron chi connectivity index (χ4n) is 1.67. The number of benzene rings is 1. The zero-order valence-corrected chi connectivity index (χ0v) is 13.1. The van der Waals surface area contributed by atoms with Crippen molar-refractivity contribution in [2.45, 2.75) is 24.7 Å². The number of halogens is 1. The summed E-state index contributed by atoms with van der Waals surface area (Å²) in [4.78, 5) is 0.290. The molecule has 18 heavy (non-hydrogen) atoms. The van der Waals surface area contributed by atoms with Crippen molar-refractivity contribution in [2.24, 2.45) is 5.92 Å². The molecule has 0 fully saturated rings. The SMILES string of the molecule is COc1ccccc1S(=O)(=O)CCC(C)CCBr. The fourth-order valence-corrected chi connectivity index (χ4v) is 4.13. The molecule has 0 amide bonds. The van der Waals surface area contributed by atoms with Crippen LogP contribution in [0, 0.1) is 5.92 Å². The van der Waals surface area contributed by atoms with Crippen LogP contribution in [0.4, 0.5) is 0 Å². The molecule has 0 saturated heterocycles. The summed E-state index contributed by atoms with van der Waals surface area (Å²) in [6.07, 6.45) is 1.66. The van der Waals surface area contributed by atoms with Gasteiger partial charge in [-0.15, -0.1) is 0 Å². The predicted molar refractivity (Wildman–Crippen MR) is 77.2 cm³/mol. The highest BCUT2D eigenvalue weighted by Gasteiger charge is 2.19. The van der Waals surface area contributed by atoms with E-state index in [1.54, 1.807) is 24.3 Å². The van der Waals surface area contributed by atoms with E-state index in [1.807, 2.05) is 0 Å². The summed E-state index contributed by atoms with van der Waals surface area (Å²) in [7, 11) is -1.77. The van der Waals surface area contributed by atoms with Crippen LogP contribution in [0.25, 0.3) is 0 Å². The van der Waals surface area contributed by atoms with Crippen LogP contribution in [-0.4, -0.2) is 26.6 Å². The van der Waals surface area contributed by atoms with Gasteiger partial charge in [-0.25, -0.2) is 8.42 Å². The molecule has 0 aromatic heterocycles. The molecule has 0 aliphatic rings. The smallest absolute Gasteiger partial charge is 0.182 e. The van der Waals surface area contributed by atoms with Crippen LogP contribution >= 0.6 is 15.9 Å². The van der Waals surface area contributed by atoms with Gasteiger partial charge in [-0.05, 0) is 30.9 Å². The summed E-state index contributed by atoms with van der Waals surface area (Å²) >= 11 is 3.37. The Kier molecular flexibility index (Phi) is 6.15. The molecule has 1 atom stereocenters. The van der Waals surface area contributed by atoms with Gasteiger partial charge in [-0.3, -0.25) is 0 Å². The molecule has 0 radical (unpaired) electrons. The second-order valence-electron chi connectivity index (χ2n) is 4.34. The van der Waals surface area contributed by atoms with Gasteiger partial charge in [0, 0.05) is 5.33 Å². The van der Waals surface area contributed by atoms with Gasteiger partial charge in [-0.1, -0.05) is 35.0 Å². The van der Waals surface area contributed by atoms with Crippen molar-refractivity contribution >= 4 is 25.8 Å². The third-order valence-corrected chi connectivity index (χ3v) is 5.12. The van der Waals surface area contributed by atoms with Gasteiger partial charge < -0.3 is 4.74 Å². The van der Waals surface area contributed by atoms with Crippen molar-refractivity contribution in [3.05, 3.63) is 24.3 Å². The van der Waals surface area contributed by atoms with Gasteiger partial charge >= 0.3 is 0 Å². The lowest BCUT2D eigenvalue weighted by atomic mass is 10.1.